The fourth-order valence-corrected chi connectivity index (χ4v) is 1.25. The quantitative estimate of drug-likeness (QED) is 0.504. The van der Waals surface area contributed by atoms with Gasteiger partial charge in [0, 0.05) is 12.8 Å². The third kappa shape index (κ3) is 0.721. The highest BCUT2D eigenvalue weighted by Crippen LogP contribution is 2.41. The monoisotopic (exact) mass is 141 g/mol. The minimum atomic E-state index is -0.723. The standard InChI is InChI=1S/C6H7NO3/c7-4-3-6-2-1-5(8-6)9-10-6/h5H,1-3H2. The van der Waals surface area contributed by atoms with Crippen molar-refractivity contribution in [1.29, 1.82) is 5.26 Å². The summed E-state index contributed by atoms with van der Waals surface area (Å²) in [4.78, 5) is 9.57. The number of nitriles is 1. The summed E-state index contributed by atoms with van der Waals surface area (Å²) in [6.45, 7) is 0. The van der Waals surface area contributed by atoms with Crippen LogP contribution in [0.1, 0.15) is 19.3 Å². The van der Waals surface area contributed by atoms with E-state index in [1.165, 1.54) is 0 Å². The predicted octanol–water partition coefficient (Wildman–Crippen LogP) is 0.695. The van der Waals surface area contributed by atoms with E-state index in [9.17, 15) is 0 Å². The molecule has 2 rings (SSSR count). The molecule has 2 saturated heterocycles. The van der Waals surface area contributed by atoms with Crippen molar-refractivity contribution in [2.24, 2.45) is 0 Å². The van der Waals surface area contributed by atoms with Gasteiger partial charge in [-0.2, -0.15) is 10.1 Å². The van der Waals surface area contributed by atoms with Crippen LogP contribution in [0.4, 0.5) is 0 Å². The zero-order chi connectivity index (χ0) is 7.03. The Morgan fingerprint density at radius 2 is 2.60 bits per heavy atom. The van der Waals surface area contributed by atoms with Crippen LogP contribution < -0.4 is 0 Å². The van der Waals surface area contributed by atoms with Gasteiger partial charge in [0.2, 0.25) is 5.79 Å². The summed E-state index contributed by atoms with van der Waals surface area (Å²) in [5, 5.41) is 8.38. The van der Waals surface area contributed by atoms with Crippen LogP contribution in [0.15, 0.2) is 0 Å². The van der Waals surface area contributed by atoms with Crippen LogP contribution in [0.2, 0.25) is 0 Å². The van der Waals surface area contributed by atoms with E-state index in [0.29, 0.717) is 0 Å². The van der Waals surface area contributed by atoms with Crippen molar-refractivity contribution >= 4 is 0 Å². The maximum atomic E-state index is 8.38. The molecule has 0 aromatic rings. The summed E-state index contributed by atoms with van der Waals surface area (Å²) < 4.78 is 5.23. The van der Waals surface area contributed by atoms with Gasteiger partial charge in [0.15, 0.2) is 6.29 Å². The molecule has 2 aliphatic heterocycles. The van der Waals surface area contributed by atoms with E-state index in [1.54, 1.807) is 0 Å². The van der Waals surface area contributed by atoms with Crippen molar-refractivity contribution < 1.29 is 14.5 Å². The smallest absolute Gasteiger partial charge is 0.217 e. The van der Waals surface area contributed by atoms with Gasteiger partial charge in [0.25, 0.3) is 0 Å². The van der Waals surface area contributed by atoms with E-state index in [0.717, 1.165) is 12.8 Å². The maximum absolute atomic E-state index is 8.38. The molecule has 2 unspecified atom stereocenters. The second-order valence-electron chi connectivity index (χ2n) is 2.51. The highest BCUT2D eigenvalue weighted by atomic mass is 17.3. The lowest BCUT2D eigenvalue weighted by atomic mass is 10.1. The van der Waals surface area contributed by atoms with Gasteiger partial charge in [-0.1, -0.05) is 0 Å². The average molecular weight is 141 g/mol. The lowest BCUT2D eigenvalue weighted by molar-refractivity contribution is -0.348. The molecule has 0 aromatic heterocycles. The zero-order valence-corrected chi connectivity index (χ0v) is 5.37. The molecule has 4 nitrogen and oxygen atoms in total. The van der Waals surface area contributed by atoms with Gasteiger partial charge in [-0.3, -0.25) is 0 Å². The first-order chi connectivity index (χ1) is 4.85. The first-order valence-corrected chi connectivity index (χ1v) is 3.24. The highest BCUT2D eigenvalue weighted by molar-refractivity contribution is 4.88. The lowest BCUT2D eigenvalue weighted by Crippen LogP contribution is -2.26. The van der Waals surface area contributed by atoms with Gasteiger partial charge in [-0.15, -0.1) is 0 Å². The minimum absolute atomic E-state index is 0.228. The molecule has 10 heavy (non-hydrogen) atoms. The number of fused-ring (bicyclic) bond motifs is 2. The Morgan fingerprint density at radius 1 is 1.70 bits per heavy atom. The SMILES string of the molecule is N#CCC12CCC(OO1)O2. The first kappa shape index (κ1) is 6.10. The first-order valence-electron chi connectivity index (χ1n) is 3.24. The third-order valence-electron chi connectivity index (χ3n) is 1.76. The van der Waals surface area contributed by atoms with Crippen LogP contribution in [0.3, 0.4) is 0 Å². The van der Waals surface area contributed by atoms with Gasteiger partial charge in [0.1, 0.15) is 0 Å². The molecule has 0 aliphatic carbocycles. The van der Waals surface area contributed by atoms with Crippen LogP contribution in [0.5, 0.6) is 0 Å². The van der Waals surface area contributed by atoms with E-state index in [-0.39, 0.29) is 12.7 Å². The summed E-state index contributed by atoms with van der Waals surface area (Å²) in [5.41, 5.74) is 0. The number of hydrogen-bond donors (Lipinski definition) is 0. The average Bonchev–Trinajstić information content (AvgIpc) is 2.46. The van der Waals surface area contributed by atoms with Crippen molar-refractivity contribution in [3.05, 3.63) is 0 Å². The molecule has 0 amide bonds. The van der Waals surface area contributed by atoms with E-state index >= 15 is 0 Å². The second-order valence-corrected chi connectivity index (χ2v) is 2.51. The molecular weight excluding hydrogens is 134 g/mol. The Hall–Kier alpha value is -0.630. The number of rotatable bonds is 1. The van der Waals surface area contributed by atoms with E-state index < -0.39 is 5.79 Å². The zero-order valence-electron chi connectivity index (χ0n) is 5.37. The van der Waals surface area contributed by atoms with Crippen LogP contribution in [-0.4, -0.2) is 12.1 Å². The second kappa shape index (κ2) is 1.92. The van der Waals surface area contributed by atoms with E-state index in [4.69, 9.17) is 19.8 Å². The maximum Gasteiger partial charge on any atom is 0.217 e. The molecule has 0 spiro atoms. The third-order valence-corrected chi connectivity index (χ3v) is 1.76. The van der Waals surface area contributed by atoms with E-state index in [2.05, 4.69) is 0 Å². The fraction of sp³-hybridized carbons (Fsp3) is 0.833. The highest BCUT2D eigenvalue weighted by Gasteiger charge is 2.49. The topological polar surface area (TPSA) is 51.5 Å². The van der Waals surface area contributed by atoms with Gasteiger partial charge >= 0.3 is 0 Å². The fourth-order valence-electron chi connectivity index (χ4n) is 1.25. The molecule has 0 radical (unpaired) electrons. The molecule has 0 N–H and O–H groups in total. The Morgan fingerprint density at radius 3 is 3.00 bits per heavy atom. The predicted molar refractivity (Wildman–Crippen MR) is 29.2 cm³/mol. The van der Waals surface area contributed by atoms with Crippen LogP contribution in [0, 0.1) is 11.3 Å². The van der Waals surface area contributed by atoms with Crippen molar-refractivity contribution in [3.8, 4) is 6.07 Å². The Balaban J connectivity index is 2.10. The van der Waals surface area contributed by atoms with Gasteiger partial charge in [-0.25, -0.2) is 4.89 Å². The lowest BCUT2D eigenvalue weighted by Gasteiger charge is -2.16. The normalized spacial score (nSPS) is 43.7. The molecule has 54 valence electrons. The molecule has 0 saturated carbocycles. The minimum Gasteiger partial charge on any atom is -0.314 e. The van der Waals surface area contributed by atoms with Crippen LogP contribution >= 0.6 is 0 Å². The summed E-state index contributed by atoms with van der Waals surface area (Å²) in [6, 6.07) is 2.00. The Kier molecular flexibility index (Phi) is 1.17. The van der Waals surface area contributed by atoms with Crippen molar-refractivity contribution in [2.45, 2.75) is 31.3 Å². The summed E-state index contributed by atoms with van der Waals surface area (Å²) in [6.07, 6.45) is 1.63. The molecule has 2 atom stereocenters. The molecule has 0 aromatic carbocycles. The van der Waals surface area contributed by atoms with Gasteiger partial charge < -0.3 is 4.74 Å². The molecule has 4 heteroatoms. The van der Waals surface area contributed by atoms with Crippen LogP contribution in [-0.2, 0) is 14.5 Å². The number of nitrogens with zero attached hydrogens (tertiary/aromatic N) is 1. The van der Waals surface area contributed by atoms with E-state index in [1.807, 2.05) is 6.07 Å². The number of hydrogen-bond acceptors (Lipinski definition) is 4. The molecular formula is C6H7NO3. The molecule has 2 aliphatic rings. The Labute approximate surface area is 58.2 Å². The van der Waals surface area contributed by atoms with Crippen LogP contribution in [0.25, 0.3) is 0 Å². The number of ether oxygens (including phenoxy) is 1. The molecule has 2 heterocycles. The molecule has 2 bridgehead atoms. The van der Waals surface area contributed by atoms with Crippen molar-refractivity contribution in [1.82, 2.24) is 0 Å². The summed E-state index contributed by atoms with van der Waals surface area (Å²) in [5.74, 6) is -0.723. The van der Waals surface area contributed by atoms with Gasteiger partial charge in [-0.05, 0) is 0 Å². The van der Waals surface area contributed by atoms with Crippen molar-refractivity contribution in [2.75, 3.05) is 0 Å². The largest absolute Gasteiger partial charge is 0.314 e. The summed E-state index contributed by atoms with van der Waals surface area (Å²) in [7, 11) is 0. The Bertz CT molecular complexity index is 178. The summed E-state index contributed by atoms with van der Waals surface area (Å²) >= 11 is 0. The van der Waals surface area contributed by atoms with Gasteiger partial charge in [0.05, 0.1) is 12.5 Å². The molecule has 2 fully saturated rings. The van der Waals surface area contributed by atoms with Crippen molar-refractivity contribution in [3.63, 3.8) is 0 Å².